The monoisotopic (exact) mass is 598 g/mol. The molecular formula is C27H30ClF7N2O3. The molecule has 0 aliphatic carbocycles. The van der Waals surface area contributed by atoms with Crippen LogP contribution in [-0.2, 0) is 26.6 Å². The Morgan fingerprint density at radius 3 is 2.15 bits per heavy atom. The molecule has 4 rings (SSSR count). The van der Waals surface area contributed by atoms with Crippen LogP contribution in [0, 0.1) is 11.7 Å². The van der Waals surface area contributed by atoms with Crippen LogP contribution >= 0.6 is 12.4 Å². The predicted molar refractivity (Wildman–Crippen MR) is 134 cm³/mol. The lowest BCUT2D eigenvalue weighted by Gasteiger charge is -2.42. The maximum absolute atomic E-state index is 13.7. The van der Waals surface area contributed by atoms with Crippen molar-refractivity contribution in [2.75, 3.05) is 39.8 Å². The molecule has 0 aromatic heterocycles. The first-order valence-electron chi connectivity index (χ1n) is 12.5. The standard InChI is InChI=1S/C27H29F7N2O3.ClH/c1-16(19-11-20(26(29,30)31)13-21(12-19)27(32,33)34)39-25-24(17-3-5-22(28)6-4-17)18(7-10-38-25)14-36-9-8-35(2)15-23(36)37;/h3-6,11-13,16,18,24-25H,7-10,14-15H2,1-2H3;1H/t16-,18+,24+,25-;/m1./s1. The highest BCUT2D eigenvalue weighted by molar-refractivity contribution is 5.85. The zero-order chi connectivity index (χ0) is 28.5. The molecule has 0 bridgehead atoms. The highest BCUT2D eigenvalue weighted by Gasteiger charge is 2.41. The lowest BCUT2D eigenvalue weighted by atomic mass is 9.81. The van der Waals surface area contributed by atoms with E-state index in [9.17, 15) is 35.5 Å². The molecule has 2 aliphatic rings. The largest absolute Gasteiger partial charge is 0.416 e. The number of nitrogens with zero attached hydrogens (tertiary/aromatic N) is 2. The van der Waals surface area contributed by atoms with Gasteiger partial charge in [-0.05, 0) is 67.8 Å². The van der Waals surface area contributed by atoms with Crippen molar-refractivity contribution >= 4 is 18.3 Å². The van der Waals surface area contributed by atoms with Gasteiger partial charge >= 0.3 is 12.4 Å². The zero-order valence-electron chi connectivity index (χ0n) is 21.8. The predicted octanol–water partition coefficient (Wildman–Crippen LogP) is 6.28. The summed E-state index contributed by atoms with van der Waals surface area (Å²) in [6, 6.07) is 6.93. The van der Waals surface area contributed by atoms with Gasteiger partial charge in [-0.3, -0.25) is 9.69 Å². The SMILES string of the molecule is C[C@@H](O[C@H]1OCC[C@@H](CN2CCN(C)CC2=O)[C@@H]1c1ccc(F)cc1)c1cc(C(F)(F)F)cc(C(F)(F)F)c1.Cl. The molecule has 40 heavy (non-hydrogen) atoms. The third-order valence-electron chi connectivity index (χ3n) is 7.21. The van der Waals surface area contributed by atoms with Crippen molar-refractivity contribution in [1.29, 1.82) is 0 Å². The topological polar surface area (TPSA) is 42.0 Å². The Morgan fingerprint density at radius 1 is 1.00 bits per heavy atom. The number of hydrogen-bond acceptors (Lipinski definition) is 4. The molecular weight excluding hydrogens is 569 g/mol. The third kappa shape index (κ3) is 7.65. The maximum Gasteiger partial charge on any atom is 0.416 e. The summed E-state index contributed by atoms with van der Waals surface area (Å²) in [4.78, 5) is 16.3. The first-order valence-corrected chi connectivity index (χ1v) is 12.5. The van der Waals surface area contributed by atoms with Crippen molar-refractivity contribution in [3.63, 3.8) is 0 Å². The second-order valence-electron chi connectivity index (χ2n) is 10.1. The number of alkyl halides is 6. The van der Waals surface area contributed by atoms with Crippen molar-refractivity contribution in [3.05, 3.63) is 70.5 Å². The Kier molecular flexibility index (Phi) is 10.1. The van der Waals surface area contributed by atoms with E-state index in [2.05, 4.69) is 0 Å². The Bertz CT molecular complexity index is 1130. The molecule has 2 saturated heterocycles. The van der Waals surface area contributed by atoms with Crippen LogP contribution in [0.3, 0.4) is 0 Å². The minimum absolute atomic E-state index is 0. The van der Waals surface area contributed by atoms with Gasteiger partial charge in [-0.1, -0.05) is 12.1 Å². The highest BCUT2D eigenvalue weighted by Crippen LogP contribution is 2.41. The summed E-state index contributed by atoms with van der Waals surface area (Å²) >= 11 is 0. The minimum Gasteiger partial charge on any atom is -0.352 e. The van der Waals surface area contributed by atoms with Crippen molar-refractivity contribution in [1.82, 2.24) is 9.80 Å². The molecule has 2 aromatic rings. The lowest BCUT2D eigenvalue weighted by molar-refractivity contribution is -0.211. The molecule has 2 aromatic carbocycles. The van der Waals surface area contributed by atoms with Crippen molar-refractivity contribution in [2.24, 2.45) is 5.92 Å². The molecule has 0 unspecified atom stereocenters. The number of likely N-dealkylation sites (N-methyl/N-ethyl adjacent to an activating group) is 1. The number of rotatable bonds is 6. The van der Waals surface area contributed by atoms with Gasteiger partial charge in [-0.25, -0.2) is 4.39 Å². The molecule has 222 valence electrons. The second-order valence-corrected chi connectivity index (χ2v) is 10.1. The van der Waals surface area contributed by atoms with E-state index < -0.39 is 47.6 Å². The summed E-state index contributed by atoms with van der Waals surface area (Å²) in [5, 5.41) is 0. The van der Waals surface area contributed by atoms with Gasteiger partial charge in [0.25, 0.3) is 0 Å². The molecule has 5 nitrogen and oxygen atoms in total. The average Bonchev–Trinajstić information content (AvgIpc) is 2.85. The van der Waals surface area contributed by atoms with Crippen LogP contribution in [-0.4, -0.2) is 61.8 Å². The normalized spacial score (nSPS) is 23.6. The highest BCUT2D eigenvalue weighted by atomic mass is 35.5. The Hall–Kier alpha value is -2.41. The first-order chi connectivity index (χ1) is 18.2. The Balaban J connectivity index is 0.00000441. The van der Waals surface area contributed by atoms with E-state index in [1.165, 1.54) is 19.1 Å². The number of carbonyl (C=O) groups excluding carboxylic acids is 1. The van der Waals surface area contributed by atoms with Crippen LogP contribution in [0.15, 0.2) is 42.5 Å². The molecule has 2 aliphatic heterocycles. The van der Waals surface area contributed by atoms with Gasteiger partial charge in [0.15, 0.2) is 6.29 Å². The number of hydrogen-bond donors (Lipinski definition) is 0. The van der Waals surface area contributed by atoms with E-state index in [4.69, 9.17) is 9.47 Å². The van der Waals surface area contributed by atoms with E-state index in [0.717, 1.165) is 0 Å². The van der Waals surface area contributed by atoms with E-state index in [-0.39, 0.29) is 49.0 Å². The summed E-state index contributed by atoms with van der Waals surface area (Å²) in [5.74, 6) is -1.29. The third-order valence-corrected chi connectivity index (χ3v) is 7.21. The fourth-order valence-electron chi connectivity index (χ4n) is 5.08. The number of amides is 1. The first kappa shape index (κ1) is 32.1. The van der Waals surface area contributed by atoms with Crippen LogP contribution in [0.2, 0.25) is 0 Å². The molecule has 2 heterocycles. The van der Waals surface area contributed by atoms with Crippen molar-refractivity contribution in [3.8, 4) is 0 Å². The van der Waals surface area contributed by atoms with E-state index in [0.29, 0.717) is 43.8 Å². The Labute approximate surface area is 233 Å². The fourth-order valence-corrected chi connectivity index (χ4v) is 5.08. The van der Waals surface area contributed by atoms with Crippen LogP contribution in [0.4, 0.5) is 30.7 Å². The molecule has 1 amide bonds. The van der Waals surface area contributed by atoms with Crippen LogP contribution in [0.5, 0.6) is 0 Å². The van der Waals surface area contributed by atoms with Gasteiger partial charge in [0.05, 0.1) is 30.4 Å². The molecule has 0 spiro atoms. The number of benzene rings is 2. The van der Waals surface area contributed by atoms with Gasteiger partial charge in [0.1, 0.15) is 5.82 Å². The molecule has 0 saturated carbocycles. The van der Waals surface area contributed by atoms with Crippen LogP contribution in [0.1, 0.15) is 47.6 Å². The van der Waals surface area contributed by atoms with Crippen LogP contribution < -0.4 is 0 Å². The zero-order valence-corrected chi connectivity index (χ0v) is 22.6. The summed E-state index contributed by atoms with van der Waals surface area (Å²) < 4.78 is 106. The summed E-state index contributed by atoms with van der Waals surface area (Å²) in [6.45, 7) is 3.37. The number of halogens is 8. The molecule has 0 N–H and O–H groups in total. The Morgan fingerprint density at radius 2 is 1.60 bits per heavy atom. The smallest absolute Gasteiger partial charge is 0.352 e. The maximum atomic E-state index is 13.7. The molecule has 0 radical (unpaired) electrons. The summed E-state index contributed by atoms with van der Waals surface area (Å²) in [6.07, 6.45) is -11.7. The van der Waals surface area contributed by atoms with E-state index in [1.807, 2.05) is 11.9 Å². The molecule has 13 heteroatoms. The average molecular weight is 599 g/mol. The van der Waals surface area contributed by atoms with Gasteiger partial charge < -0.3 is 14.4 Å². The van der Waals surface area contributed by atoms with Crippen molar-refractivity contribution < 1.29 is 45.0 Å². The fraction of sp³-hybridized carbons (Fsp3) is 0.519. The minimum atomic E-state index is -4.99. The molecule has 4 atom stereocenters. The van der Waals surface area contributed by atoms with Gasteiger partial charge in [0, 0.05) is 25.6 Å². The number of piperazine rings is 1. The van der Waals surface area contributed by atoms with Gasteiger partial charge in [-0.2, -0.15) is 26.3 Å². The second kappa shape index (κ2) is 12.6. The van der Waals surface area contributed by atoms with E-state index >= 15 is 0 Å². The van der Waals surface area contributed by atoms with Gasteiger partial charge in [0.2, 0.25) is 5.91 Å². The van der Waals surface area contributed by atoms with Gasteiger partial charge in [-0.15, -0.1) is 12.4 Å². The number of carbonyl (C=O) groups is 1. The molecule has 2 fully saturated rings. The van der Waals surface area contributed by atoms with Crippen molar-refractivity contribution in [2.45, 2.75) is 44.0 Å². The quantitative estimate of drug-likeness (QED) is 0.367. The van der Waals surface area contributed by atoms with Crippen LogP contribution in [0.25, 0.3) is 0 Å². The van der Waals surface area contributed by atoms with E-state index in [1.54, 1.807) is 17.0 Å². The lowest BCUT2D eigenvalue weighted by Crippen LogP contribution is -2.52. The summed E-state index contributed by atoms with van der Waals surface area (Å²) in [7, 11) is 1.84. The summed E-state index contributed by atoms with van der Waals surface area (Å²) in [5.41, 5.74) is -2.56. The number of ether oxygens (including phenoxy) is 2.